The maximum Gasteiger partial charge on any atom is 0.342 e. The van der Waals surface area contributed by atoms with Gasteiger partial charge in [0.2, 0.25) is 0 Å². The molecule has 4 rings (SSSR count). The lowest BCUT2D eigenvalue weighted by Gasteiger charge is -2.15. The Bertz CT molecular complexity index is 1220. The molecule has 0 aliphatic carbocycles. The Hall–Kier alpha value is -3.73. The summed E-state index contributed by atoms with van der Waals surface area (Å²) in [5.74, 6) is -0.319. The Labute approximate surface area is 180 Å². The SMILES string of the molecule is CCOC(=O)c1cc(-c2ccccc2)c2cc(Cc3ccc(F)cc3)cnc2c1OC. The summed E-state index contributed by atoms with van der Waals surface area (Å²) in [6.07, 6.45) is 2.37. The number of benzene rings is 3. The summed E-state index contributed by atoms with van der Waals surface area (Å²) in [4.78, 5) is 17.3. The molecule has 31 heavy (non-hydrogen) atoms. The summed E-state index contributed by atoms with van der Waals surface area (Å²) in [6, 6.07) is 20.1. The second-order valence-corrected chi connectivity index (χ2v) is 7.13. The van der Waals surface area contributed by atoms with Gasteiger partial charge in [-0.05, 0) is 59.9 Å². The number of halogens is 1. The fraction of sp³-hybridized carbons (Fsp3) is 0.154. The van der Waals surface area contributed by atoms with E-state index in [-0.39, 0.29) is 12.4 Å². The summed E-state index contributed by atoms with van der Waals surface area (Å²) in [7, 11) is 1.52. The molecular weight excluding hydrogens is 393 g/mol. The number of fused-ring (bicyclic) bond motifs is 1. The molecule has 0 spiro atoms. The predicted molar refractivity (Wildman–Crippen MR) is 119 cm³/mol. The van der Waals surface area contributed by atoms with Gasteiger partial charge in [-0.2, -0.15) is 0 Å². The molecule has 0 atom stereocenters. The lowest BCUT2D eigenvalue weighted by molar-refractivity contribution is 0.0523. The molecule has 1 aromatic heterocycles. The van der Waals surface area contributed by atoms with E-state index in [1.165, 1.54) is 19.2 Å². The van der Waals surface area contributed by atoms with Gasteiger partial charge in [0.05, 0.1) is 13.7 Å². The zero-order chi connectivity index (χ0) is 21.8. The first-order valence-electron chi connectivity index (χ1n) is 10.1. The van der Waals surface area contributed by atoms with Gasteiger partial charge in [-0.3, -0.25) is 4.98 Å². The van der Waals surface area contributed by atoms with Crippen molar-refractivity contribution in [2.45, 2.75) is 13.3 Å². The first-order valence-corrected chi connectivity index (χ1v) is 10.1. The van der Waals surface area contributed by atoms with Crippen LogP contribution in [0.4, 0.5) is 4.39 Å². The molecule has 0 unspecified atom stereocenters. The molecule has 0 fully saturated rings. The van der Waals surface area contributed by atoms with Crippen molar-refractivity contribution in [3.05, 3.63) is 95.4 Å². The van der Waals surface area contributed by atoms with Crippen molar-refractivity contribution >= 4 is 16.9 Å². The minimum Gasteiger partial charge on any atom is -0.494 e. The highest BCUT2D eigenvalue weighted by Crippen LogP contribution is 2.37. The summed E-state index contributed by atoms with van der Waals surface area (Å²) >= 11 is 0. The largest absolute Gasteiger partial charge is 0.494 e. The Morgan fingerprint density at radius 2 is 1.74 bits per heavy atom. The van der Waals surface area contributed by atoms with Gasteiger partial charge in [-0.25, -0.2) is 9.18 Å². The number of hydrogen-bond acceptors (Lipinski definition) is 4. The van der Waals surface area contributed by atoms with Crippen molar-refractivity contribution < 1.29 is 18.7 Å². The van der Waals surface area contributed by atoms with Gasteiger partial charge in [0.1, 0.15) is 16.9 Å². The molecule has 0 bridgehead atoms. The fourth-order valence-electron chi connectivity index (χ4n) is 3.67. The van der Waals surface area contributed by atoms with E-state index in [0.717, 1.165) is 27.6 Å². The number of hydrogen-bond donors (Lipinski definition) is 0. The van der Waals surface area contributed by atoms with Crippen LogP contribution in [-0.4, -0.2) is 24.7 Å². The molecule has 0 radical (unpaired) electrons. The molecular formula is C26H22FNO3. The molecule has 5 heteroatoms. The number of ether oxygens (including phenoxy) is 2. The number of carbonyl (C=O) groups is 1. The molecule has 0 saturated carbocycles. The van der Waals surface area contributed by atoms with E-state index in [2.05, 4.69) is 4.98 Å². The Morgan fingerprint density at radius 1 is 1.00 bits per heavy atom. The van der Waals surface area contributed by atoms with Gasteiger partial charge in [0.15, 0.2) is 5.75 Å². The average Bonchev–Trinajstić information content (AvgIpc) is 2.80. The van der Waals surface area contributed by atoms with E-state index in [0.29, 0.717) is 23.3 Å². The van der Waals surface area contributed by atoms with Crippen LogP contribution in [-0.2, 0) is 11.2 Å². The minimum atomic E-state index is -0.449. The second-order valence-electron chi connectivity index (χ2n) is 7.13. The van der Waals surface area contributed by atoms with Crippen LogP contribution in [0.1, 0.15) is 28.4 Å². The second kappa shape index (κ2) is 8.96. The zero-order valence-corrected chi connectivity index (χ0v) is 17.4. The number of methoxy groups -OCH3 is 1. The van der Waals surface area contributed by atoms with Crippen LogP contribution >= 0.6 is 0 Å². The van der Waals surface area contributed by atoms with Crippen LogP contribution in [0.3, 0.4) is 0 Å². The Morgan fingerprint density at radius 3 is 2.42 bits per heavy atom. The van der Waals surface area contributed by atoms with Crippen LogP contribution in [0.2, 0.25) is 0 Å². The molecule has 0 N–H and O–H groups in total. The predicted octanol–water partition coefficient (Wildman–Crippen LogP) is 5.82. The third-order valence-electron chi connectivity index (χ3n) is 5.09. The molecule has 3 aromatic carbocycles. The Balaban J connectivity index is 1.91. The van der Waals surface area contributed by atoms with E-state index >= 15 is 0 Å². The molecule has 1 heterocycles. The summed E-state index contributed by atoms with van der Waals surface area (Å²) in [6.45, 7) is 2.04. The third-order valence-corrected chi connectivity index (χ3v) is 5.09. The highest BCUT2D eigenvalue weighted by Gasteiger charge is 2.21. The van der Waals surface area contributed by atoms with Gasteiger partial charge in [-0.15, -0.1) is 0 Å². The molecule has 4 nitrogen and oxygen atoms in total. The number of rotatable bonds is 6. The first-order chi connectivity index (χ1) is 15.1. The maximum atomic E-state index is 13.3. The molecule has 0 saturated heterocycles. The van der Waals surface area contributed by atoms with Crippen LogP contribution in [0.15, 0.2) is 72.9 Å². The van der Waals surface area contributed by atoms with Crippen LogP contribution in [0.5, 0.6) is 5.75 Å². The van der Waals surface area contributed by atoms with E-state index in [9.17, 15) is 9.18 Å². The lowest BCUT2D eigenvalue weighted by Crippen LogP contribution is -2.08. The Kier molecular flexibility index (Phi) is 5.94. The van der Waals surface area contributed by atoms with Gasteiger partial charge < -0.3 is 9.47 Å². The van der Waals surface area contributed by atoms with Crippen LogP contribution in [0, 0.1) is 5.82 Å². The highest BCUT2D eigenvalue weighted by molar-refractivity contribution is 6.06. The minimum absolute atomic E-state index is 0.261. The van der Waals surface area contributed by atoms with Crippen molar-refractivity contribution in [1.29, 1.82) is 0 Å². The standard InChI is InChI=1S/C26H22FNO3/c1-3-31-26(29)23-15-21(19-7-5-4-6-8-19)22-14-18(16-28-24(22)25(23)30-2)13-17-9-11-20(27)12-10-17/h4-12,14-16H,3,13H2,1-2H3. The highest BCUT2D eigenvalue weighted by atomic mass is 19.1. The number of nitrogens with zero attached hydrogens (tertiary/aromatic N) is 1. The van der Waals surface area contributed by atoms with E-state index in [1.807, 2.05) is 36.4 Å². The van der Waals surface area contributed by atoms with Crippen LogP contribution in [0.25, 0.3) is 22.0 Å². The summed E-state index contributed by atoms with van der Waals surface area (Å²) in [5, 5.41) is 0.871. The van der Waals surface area contributed by atoms with E-state index in [4.69, 9.17) is 9.47 Å². The molecule has 4 aromatic rings. The summed E-state index contributed by atoms with van der Waals surface area (Å²) < 4.78 is 24.1. The van der Waals surface area contributed by atoms with Gasteiger partial charge in [0.25, 0.3) is 0 Å². The van der Waals surface area contributed by atoms with Crippen molar-refractivity contribution in [3.8, 4) is 16.9 Å². The number of aromatic nitrogens is 1. The maximum absolute atomic E-state index is 13.3. The quantitative estimate of drug-likeness (QED) is 0.373. The monoisotopic (exact) mass is 415 g/mol. The number of carbonyl (C=O) groups excluding carboxylic acids is 1. The van der Waals surface area contributed by atoms with Crippen LogP contribution < -0.4 is 4.74 Å². The van der Waals surface area contributed by atoms with E-state index in [1.54, 1.807) is 31.3 Å². The van der Waals surface area contributed by atoms with Crippen molar-refractivity contribution in [2.24, 2.45) is 0 Å². The summed E-state index contributed by atoms with van der Waals surface area (Å²) in [5.41, 5.74) is 4.72. The molecule has 0 amide bonds. The first kappa shape index (κ1) is 20.5. The number of pyridine rings is 1. The number of esters is 1. The average molecular weight is 415 g/mol. The molecule has 0 aliphatic rings. The van der Waals surface area contributed by atoms with Crippen molar-refractivity contribution in [2.75, 3.05) is 13.7 Å². The van der Waals surface area contributed by atoms with Gasteiger partial charge in [-0.1, -0.05) is 42.5 Å². The molecule has 156 valence electrons. The lowest BCUT2D eigenvalue weighted by atomic mass is 9.95. The van der Waals surface area contributed by atoms with E-state index < -0.39 is 5.97 Å². The zero-order valence-electron chi connectivity index (χ0n) is 17.4. The fourth-order valence-corrected chi connectivity index (χ4v) is 3.67. The van der Waals surface area contributed by atoms with Crippen molar-refractivity contribution in [1.82, 2.24) is 4.98 Å². The van der Waals surface area contributed by atoms with Gasteiger partial charge in [0, 0.05) is 11.6 Å². The topological polar surface area (TPSA) is 48.4 Å². The molecule has 0 aliphatic heterocycles. The third kappa shape index (κ3) is 4.26. The van der Waals surface area contributed by atoms with Gasteiger partial charge >= 0.3 is 5.97 Å². The van der Waals surface area contributed by atoms with Crippen molar-refractivity contribution in [3.63, 3.8) is 0 Å². The smallest absolute Gasteiger partial charge is 0.342 e. The normalized spacial score (nSPS) is 10.8.